The molecular formula is C21H15Cl2N3O4. The van der Waals surface area contributed by atoms with E-state index >= 15 is 0 Å². The van der Waals surface area contributed by atoms with E-state index in [4.69, 9.17) is 27.9 Å². The maximum atomic E-state index is 12.7. The van der Waals surface area contributed by atoms with Crippen molar-refractivity contribution in [1.29, 1.82) is 0 Å². The average Bonchev–Trinajstić information content (AvgIpc) is 2.74. The number of methoxy groups -OCH3 is 1. The number of anilines is 2. The lowest BCUT2D eigenvalue weighted by molar-refractivity contribution is -0.385. The van der Waals surface area contributed by atoms with Crippen LogP contribution in [0.3, 0.4) is 0 Å². The van der Waals surface area contributed by atoms with Crippen LogP contribution in [0.15, 0.2) is 60.8 Å². The van der Waals surface area contributed by atoms with Crippen LogP contribution < -0.4 is 10.1 Å². The second kappa shape index (κ2) is 9.39. The van der Waals surface area contributed by atoms with Crippen molar-refractivity contribution in [2.75, 3.05) is 12.4 Å². The lowest BCUT2D eigenvalue weighted by Gasteiger charge is -2.10. The molecule has 30 heavy (non-hydrogen) atoms. The first-order valence-electron chi connectivity index (χ1n) is 8.61. The molecule has 0 fully saturated rings. The van der Waals surface area contributed by atoms with Gasteiger partial charge in [0.2, 0.25) is 0 Å². The van der Waals surface area contributed by atoms with E-state index in [0.29, 0.717) is 32.7 Å². The van der Waals surface area contributed by atoms with E-state index in [1.54, 1.807) is 42.6 Å². The summed E-state index contributed by atoms with van der Waals surface area (Å²) in [5.74, 6) is 0.119. The Morgan fingerprint density at radius 3 is 2.70 bits per heavy atom. The number of rotatable bonds is 7. The number of hydrogen-bond acceptors (Lipinski definition) is 6. The summed E-state index contributed by atoms with van der Waals surface area (Å²) < 4.78 is 4.98. The highest BCUT2D eigenvalue weighted by Crippen LogP contribution is 2.30. The van der Waals surface area contributed by atoms with Crippen LogP contribution in [0.4, 0.5) is 17.2 Å². The lowest BCUT2D eigenvalue weighted by Crippen LogP contribution is -2.03. The van der Waals surface area contributed by atoms with Gasteiger partial charge in [-0.05, 0) is 48.0 Å². The minimum absolute atomic E-state index is 0.141. The number of nitrogens with one attached hydrogen (secondary N) is 1. The Morgan fingerprint density at radius 1 is 1.20 bits per heavy atom. The Labute approximate surface area is 182 Å². The second-order valence-electron chi connectivity index (χ2n) is 6.03. The molecule has 0 saturated heterocycles. The second-order valence-corrected chi connectivity index (χ2v) is 6.88. The number of nitro groups is 1. The molecule has 0 aliphatic rings. The van der Waals surface area contributed by atoms with Crippen LogP contribution in [0.2, 0.25) is 10.0 Å². The smallest absolute Gasteiger partial charge is 0.311 e. The van der Waals surface area contributed by atoms with Gasteiger partial charge in [-0.25, -0.2) is 4.98 Å². The summed E-state index contributed by atoms with van der Waals surface area (Å²) in [6, 6.07) is 12.6. The Balaban J connectivity index is 1.86. The summed E-state index contributed by atoms with van der Waals surface area (Å²) >= 11 is 12.1. The molecule has 0 atom stereocenters. The first kappa shape index (κ1) is 21.3. The van der Waals surface area contributed by atoms with Gasteiger partial charge < -0.3 is 10.1 Å². The molecule has 1 N–H and O–H groups in total. The van der Waals surface area contributed by atoms with Crippen LogP contribution in [0.1, 0.15) is 15.9 Å². The molecule has 1 heterocycles. The minimum Gasteiger partial charge on any atom is -0.490 e. The first-order valence-corrected chi connectivity index (χ1v) is 9.36. The molecule has 0 amide bonds. The molecule has 0 saturated carbocycles. The number of aromatic nitrogens is 1. The third-order valence-electron chi connectivity index (χ3n) is 4.08. The standard InChI is InChI=1S/C21H15Cl2N3O4/c1-30-20-9-5-13(11-18(20)26(28)29)4-8-19(27)15-3-2-10-24-21(15)25-17-7-6-14(22)12-16(17)23/h2-12H,1H3,(H,24,25)/b8-4+. The first-order chi connectivity index (χ1) is 14.4. The fraction of sp³-hybridized carbons (Fsp3) is 0.0476. The van der Waals surface area contributed by atoms with Gasteiger partial charge in [0.05, 0.1) is 28.3 Å². The molecule has 0 aliphatic heterocycles. The molecule has 2 aromatic carbocycles. The highest BCUT2D eigenvalue weighted by atomic mass is 35.5. The molecule has 0 unspecified atom stereocenters. The van der Waals surface area contributed by atoms with Gasteiger partial charge in [0.1, 0.15) is 5.82 Å². The zero-order valence-electron chi connectivity index (χ0n) is 15.6. The fourth-order valence-electron chi connectivity index (χ4n) is 2.64. The van der Waals surface area contributed by atoms with E-state index in [9.17, 15) is 14.9 Å². The summed E-state index contributed by atoms with van der Waals surface area (Å²) in [5.41, 5.74) is 1.15. The largest absolute Gasteiger partial charge is 0.490 e. The molecule has 0 aliphatic carbocycles. The molecule has 3 aromatic rings. The topological polar surface area (TPSA) is 94.4 Å². The molecule has 1 aromatic heterocycles. The van der Waals surface area contributed by atoms with Gasteiger partial charge in [0.15, 0.2) is 11.5 Å². The van der Waals surface area contributed by atoms with Crippen molar-refractivity contribution in [1.82, 2.24) is 4.98 Å². The molecule has 3 rings (SSSR count). The van der Waals surface area contributed by atoms with Crippen molar-refractivity contribution in [2.24, 2.45) is 0 Å². The Morgan fingerprint density at radius 2 is 2.00 bits per heavy atom. The van der Waals surface area contributed by atoms with Crippen LogP contribution >= 0.6 is 23.2 Å². The number of nitro benzene ring substituents is 1. The molecular weight excluding hydrogens is 429 g/mol. The zero-order valence-corrected chi connectivity index (χ0v) is 17.1. The maximum Gasteiger partial charge on any atom is 0.311 e. The van der Waals surface area contributed by atoms with Crippen LogP contribution in [0, 0.1) is 10.1 Å². The number of carbonyl (C=O) groups is 1. The van der Waals surface area contributed by atoms with E-state index < -0.39 is 4.92 Å². The number of nitrogens with zero attached hydrogens (tertiary/aromatic N) is 2. The summed E-state index contributed by atoms with van der Waals surface area (Å²) in [5, 5.41) is 15.0. The van der Waals surface area contributed by atoms with Crippen LogP contribution in [0.5, 0.6) is 5.75 Å². The quantitative estimate of drug-likeness (QED) is 0.210. The summed E-state index contributed by atoms with van der Waals surface area (Å²) in [4.78, 5) is 27.6. The average molecular weight is 444 g/mol. The van der Waals surface area contributed by atoms with Crippen molar-refractivity contribution in [2.45, 2.75) is 0 Å². The number of halogens is 2. The Kier molecular flexibility index (Phi) is 6.66. The van der Waals surface area contributed by atoms with Crippen molar-refractivity contribution in [3.05, 3.63) is 92.1 Å². The van der Waals surface area contributed by atoms with Crippen LogP contribution in [-0.2, 0) is 0 Å². The lowest BCUT2D eigenvalue weighted by atomic mass is 10.1. The highest BCUT2D eigenvalue weighted by molar-refractivity contribution is 6.36. The monoisotopic (exact) mass is 443 g/mol. The van der Waals surface area contributed by atoms with E-state index in [0.717, 1.165) is 0 Å². The summed E-state index contributed by atoms with van der Waals surface area (Å²) in [6.07, 6.45) is 4.34. The third-order valence-corrected chi connectivity index (χ3v) is 4.63. The van der Waals surface area contributed by atoms with E-state index in [1.165, 1.54) is 31.4 Å². The van der Waals surface area contributed by atoms with Gasteiger partial charge in [-0.2, -0.15) is 0 Å². The van der Waals surface area contributed by atoms with Gasteiger partial charge >= 0.3 is 5.69 Å². The van der Waals surface area contributed by atoms with Gasteiger partial charge in [-0.1, -0.05) is 35.3 Å². The van der Waals surface area contributed by atoms with Crippen molar-refractivity contribution < 1.29 is 14.5 Å². The van der Waals surface area contributed by atoms with Gasteiger partial charge in [-0.15, -0.1) is 0 Å². The maximum absolute atomic E-state index is 12.7. The van der Waals surface area contributed by atoms with Gasteiger partial charge in [0.25, 0.3) is 0 Å². The van der Waals surface area contributed by atoms with Crippen LogP contribution in [-0.4, -0.2) is 22.8 Å². The number of allylic oxidation sites excluding steroid dienone is 1. The third kappa shape index (κ3) is 4.94. The molecule has 9 heteroatoms. The summed E-state index contributed by atoms with van der Waals surface area (Å²) in [6.45, 7) is 0. The number of ketones is 1. The SMILES string of the molecule is COc1ccc(/C=C/C(=O)c2cccnc2Nc2ccc(Cl)cc2Cl)cc1[N+](=O)[O-]. The minimum atomic E-state index is -0.545. The Hall–Kier alpha value is -3.42. The van der Waals surface area contributed by atoms with E-state index in [1.807, 2.05) is 0 Å². The molecule has 0 spiro atoms. The van der Waals surface area contributed by atoms with Crippen molar-refractivity contribution in [3.8, 4) is 5.75 Å². The van der Waals surface area contributed by atoms with Gasteiger partial charge in [0, 0.05) is 17.3 Å². The number of pyridine rings is 1. The van der Waals surface area contributed by atoms with Crippen molar-refractivity contribution in [3.63, 3.8) is 0 Å². The predicted molar refractivity (Wildman–Crippen MR) is 117 cm³/mol. The fourth-order valence-corrected chi connectivity index (χ4v) is 3.09. The molecule has 0 bridgehead atoms. The normalized spacial score (nSPS) is 10.8. The number of ether oxygens (including phenoxy) is 1. The zero-order chi connectivity index (χ0) is 21.7. The number of benzene rings is 2. The Bertz CT molecular complexity index is 1150. The number of carbonyl (C=O) groups excluding carboxylic acids is 1. The highest BCUT2D eigenvalue weighted by Gasteiger charge is 2.15. The van der Waals surface area contributed by atoms with E-state index in [2.05, 4.69) is 10.3 Å². The number of hydrogen-bond donors (Lipinski definition) is 1. The van der Waals surface area contributed by atoms with Crippen LogP contribution in [0.25, 0.3) is 6.08 Å². The summed E-state index contributed by atoms with van der Waals surface area (Å²) in [7, 11) is 1.35. The predicted octanol–water partition coefficient (Wildman–Crippen LogP) is 5.94. The molecule has 152 valence electrons. The van der Waals surface area contributed by atoms with E-state index in [-0.39, 0.29) is 17.2 Å². The van der Waals surface area contributed by atoms with Gasteiger partial charge in [-0.3, -0.25) is 14.9 Å². The molecule has 0 radical (unpaired) electrons. The van der Waals surface area contributed by atoms with Crippen molar-refractivity contribution >= 4 is 52.3 Å². The molecule has 7 nitrogen and oxygen atoms in total.